The van der Waals surface area contributed by atoms with Gasteiger partial charge in [0.15, 0.2) is 15.3 Å². The highest BCUT2D eigenvalue weighted by atomic mass is 32.3. The lowest BCUT2D eigenvalue weighted by Gasteiger charge is -2.24. The van der Waals surface area contributed by atoms with Crippen LogP contribution in [0.4, 0.5) is 5.69 Å². The summed E-state index contributed by atoms with van der Waals surface area (Å²) in [6, 6.07) is 13.9. The van der Waals surface area contributed by atoms with Crippen molar-refractivity contribution < 1.29 is 27.9 Å². The van der Waals surface area contributed by atoms with Gasteiger partial charge in [0.25, 0.3) is 5.56 Å². The standard InChI is InChI=1S/C26H22N4O7S2/c1-14-27-22-16(25(33)30(14)18-11-12-21(31)28-24(18)32)9-6-10-17(22)29-39(35,36)20-13-19(15-7-4-3-5-8-15)38-23(20)26(34)37-2/h3-10,13,18H,11-12H2,1-2H3,(H2-,28,29,31,32,35,36). The Balaban J connectivity index is 1.58. The van der Waals surface area contributed by atoms with Crippen LogP contribution in [0.5, 0.6) is 0 Å². The van der Waals surface area contributed by atoms with Gasteiger partial charge < -0.3 is 9.29 Å². The molecule has 0 saturated carbocycles. The number of para-hydroxylation sites is 1. The Labute approximate surface area is 227 Å². The van der Waals surface area contributed by atoms with E-state index in [4.69, 9.17) is 4.74 Å². The fourth-order valence-electron chi connectivity index (χ4n) is 4.46. The van der Waals surface area contributed by atoms with E-state index in [0.717, 1.165) is 16.9 Å². The van der Waals surface area contributed by atoms with Crippen LogP contribution in [0.2, 0.25) is 0 Å². The lowest BCUT2D eigenvalue weighted by molar-refractivity contribution is -0.135. The number of piperidine rings is 1. The molecule has 4 aromatic rings. The zero-order valence-electron chi connectivity index (χ0n) is 20.8. The molecule has 13 heteroatoms. The Hall–Kier alpha value is -4.20. The molecule has 2 N–H and O–H groups in total. The number of esters is 1. The number of sulfonamides is 1. The summed E-state index contributed by atoms with van der Waals surface area (Å²) in [6.45, 7) is 1.52. The van der Waals surface area contributed by atoms with E-state index in [-0.39, 0.29) is 45.0 Å². The van der Waals surface area contributed by atoms with Crippen molar-refractivity contribution in [2.45, 2.75) is 30.7 Å². The number of hydrogen-bond donors (Lipinski definition) is 2. The topological polar surface area (TPSA) is 160 Å². The molecule has 2 aromatic carbocycles. The number of benzene rings is 2. The van der Waals surface area contributed by atoms with Crippen LogP contribution in [0.25, 0.3) is 21.3 Å². The minimum atomic E-state index is -4.34. The number of aryl methyl sites for hydroxylation is 1. The molecule has 200 valence electrons. The van der Waals surface area contributed by atoms with Crippen molar-refractivity contribution in [3.05, 3.63) is 75.7 Å². The molecule has 1 aliphatic rings. The molecule has 1 saturated heterocycles. The van der Waals surface area contributed by atoms with Gasteiger partial charge in [0.2, 0.25) is 16.7 Å². The van der Waals surface area contributed by atoms with Gasteiger partial charge in [0, 0.05) is 17.4 Å². The summed E-state index contributed by atoms with van der Waals surface area (Å²) >= 11 is 0.985. The number of fused-ring (bicyclic) bond motifs is 1. The van der Waals surface area contributed by atoms with Crippen LogP contribution in [0.3, 0.4) is 0 Å². The first-order valence-corrected chi connectivity index (χ1v) is 14.1. The van der Waals surface area contributed by atoms with E-state index in [9.17, 15) is 27.9 Å². The molecular weight excluding hydrogens is 544 g/mol. The van der Waals surface area contributed by atoms with Gasteiger partial charge >= 0.3 is 5.97 Å². The average molecular weight is 567 g/mol. The Kier molecular flexibility index (Phi) is 6.89. The largest absolute Gasteiger partial charge is 0.588 e. The molecule has 0 spiro atoms. The highest BCUT2D eigenvalue weighted by molar-refractivity contribution is 7.99. The van der Waals surface area contributed by atoms with E-state index in [0.29, 0.717) is 4.88 Å². The summed E-state index contributed by atoms with van der Waals surface area (Å²) in [5.74, 6) is -1.65. The van der Waals surface area contributed by atoms with Crippen LogP contribution in [-0.2, 0) is 28.9 Å². The van der Waals surface area contributed by atoms with Gasteiger partial charge in [-0.2, -0.15) is 0 Å². The molecular formula is C26H22N4O7S2. The zero-order chi connectivity index (χ0) is 27.9. The fourth-order valence-corrected chi connectivity index (χ4v) is 7.13. The van der Waals surface area contributed by atoms with Gasteiger partial charge in [-0.25, -0.2) is 14.5 Å². The number of hydrogen-bond acceptors (Lipinski definition) is 9. The van der Waals surface area contributed by atoms with Crippen molar-refractivity contribution in [2.24, 2.45) is 0 Å². The third kappa shape index (κ3) is 4.87. The van der Waals surface area contributed by atoms with Crippen LogP contribution in [0.1, 0.15) is 34.4 Å². The lowest BCUT2D eigenvalue weighted by Crippen LogP contribution is -2.45. The van der Waals surface area contributed by atoms with Gasteiger partial charge in [0.1, 0.15) is 23.1 Å². The molecule has 0 bridgehead atoms. The van der Waals surface area contributed by atoms with Crippen LogP contribution in [0, 0.1) is 6.92 Å². The number of anilines is 1. The molecule has 5 rings (SSSR count). The number of carbonyl (C=O) groups excluding carboxylic acids is 3. The summed E-state index contributed by atoms with van der Waals surface area (Å²) in [5, 5.41) is 2.31. The van der Waals surface area contributed by atoms with Crippen molar-refractivity contribution in [3.63, 3.8) is 0 Å². The van der Waals surface area contributed by atoms with Crippen molar-refractivity contribution in [2.75, 3.05) is 11.8 Å². The first-order chi connectivity index (χ1) is 18.6. The van der Waals surface area contributed by atoms with Crippen molar-refractivity contribution in [3.8, 4) is 10.4 Å². The van der Waals surface area contributed by atoms with E-state index >= 15 is 0 Å². The molecule has 11 nitrogen and oxygen atoms in total. The summed E-state index contributed by atoms with van der Waals surface area (Å²) in [6.07, 6.45) is 0.220. The van der Waals surface area contributed by atoms with Crippen LogP contribution < -0.4 is 15.6 Å². The number of methoxy groups -OCH3 is 1. The van der Waals surface area contributed by atoms with Gasteiger partial charge in [-0.3, -0.25) is 24.3 Å². The molecule has 0 aliphatic carbocycles. The Morgan fingerprint density at radius 1 is 1.18 bits per heavy atom. The van der Waals surface area contributed by atoms with E-state index in [2.05, 4.69) is 15.0 Å². The molecule has 39 heavy (non-hydrogen) atoms. The second kappa shape index (κ2) is 10.2. The molecule has 1 aliphatic heterocycles. The Morgan fingerprint density at radius 2 is 1.92 bits per heavy atom. The number of aromatic nitrogens is 2. The fraction of sp³-hybridized carbons (Fsp3) is 0.192. The zero-order valence-corrected chi connectivity index (χ0v) is 22.4. The summed E-state index contributed by atoms with van der Waals surface area (Å²) in [4.78, 5) is 54.5. The lowest BCUT2D eigenvalue weighted by atomic mass is 10.1. The third-order valence-corrected chi connectivity index (χ3v) is 8.97. The van der Waals surface area contributed by atoms with Gasteiger partial charge in [-0.05, 0) is 31.0 Å². The first-order valence-electron chi connectivity index (χ1n) is 11.8. The van der Waals surface area contributed by atoms with Crippen molar-refractivity contribution >= 4 is 56.1 Å². The first kappa shape index (κ1) is 26.4. The molecule has 3 heterocycles. The number of amides is 2. The monoisotopic (exact) mass is 566 g/mol. The molecule has 2 aromatic heterocycles. The predicted octanol–water partition coefficient (Wildman–Crippen LogP) is 3.21. The second-order valence-electron chi connectivity index (χ2n) is 8.77. The quantitative estimate of drug-likeness (QED) is 0.204. The van der Waals surface area contributed by atoms with Gasteiger partial charge in [0.05, 0.1) is 12.5 Å². The number of imide groups is 1. The average Bonchev–Trinajstić information content (AvgIpc) is 3.37. The number of carbonyl (C=O) groups is 3. The Morgan fingerprint density at radius 3 is 2.62 bits per heavy atom. The minimum Gasteiger partial charge on any atom is -0.588 e. The van der Waals surface area contributed by atoms with Crippen LogP contribution in [-0.4, -0.2) is 39.0 Å². The smallest absolute Gasteiger partial charge is 0.353 e. The van der Waals surface area contributed by atoms with Crippen LogP contribution in [0.15, 0.2) is 64.3 Å². The number of rotatable bonds is 6. The maximum Gasteiger partial charge on any atom is 0.353 e. The second-order valence-corrected chi connectivity index (χ2v) is 11.5. The van der Waals surface area contributed by atoms with Crippen molar-refractivity contribution in [1.29, 1.82) is 0 Å². The van der Waals surface area contributed by atoms with E-state index in [1.165, 1.54) is 42.9 Å². The molecule has 2 unspecified atom stereocenters. The molecule has 1 fully saturated rings. The normalized spacial score (nSPS) is 16.9. The maximum atomic E-state index is 13.6. The van der Waals surface area contributed by atoms with E-state index in [1.54, 1.807) is 24.3 Å². The molecule has 2 atom stereocenters. The predicted molar refractivity (Wildman–Crippen MR) is 144 cm³/mol. The third-order valence-electron chi connectivity index (χ3n) is 6.29. The highest BCUT2D eigenvalue weighted by Crippen LogP contribution is 2.37. The number of nitrogens with one attached hydrogen (secondary N) is 2. The SMILES string of the molecule is COC(=O)c1sc(-c2ccccc2)cc1[S+](=O)([O-])Nc1cccc2c(=O)n(C3CCC(=O)NC3=O)c(C)nc12. The number of thiophene rings is 1. The van der Waals surface area contributed by atoms with E-state index in [1.807, 2.05) is 6.07 Å². The van der Waals surface area contributed by atoms with Gasteiger partial charge in [-0.15, -0.1) is 11.3 Å². The highest BCUT2D eigenvalue weighted by Gasteiger charge is 2.34. The van der Waals surface area contributed by atoms with E-state index < -0.39 is 39.8 Å². The summed E-state index contributed by atoms with van der Waals surface area (Å²) in [7, 11) is -3.17. The van der Waals surface area contributed by atoms with Gasteiger partial charge in [-0.1, -0.05) is 40.6 Å². The molecule has 0 radical (unpaired) electrons. The summed E-state index contributed by atoms with van der Waals surface area (Å²) < 4.78 is 35.7. The maximum absolute atomic E-state index is 13.6. The Bertz CT molecular complexity index is 1750. The molecule has 2 amide bonds. The number of nitrogens with zero attached hydrogens (tertiary/aromatic N) is 2. The number of ether oxygens (including phenoxy) is 1. The summed E-state index contributed by atoms with van der Waals surface area (Å²) in [5.41, 5.74) is 0.271. The van der Waals surface area contributed by atoms with Crippen molar-refractivity contribution in [1.82, 2.24) is 14.9 Å². The minimum absolute atomic E-state index is 0.0198. The van der Waals surface area contributed by atoms with Crippen LogP contribution >= 0.6 is 11.3 Å².